The number of aromatic nitrogens is 5. The maximum absolute atomic E-state index is 13.8. The lowest BCUT2D eigenvalue weighted by Gasteiger charge is -2.21. The van der Waals surface area contributed by atoms with Gasteiger partial charge in [0.25, 0.3) is 5.91 Å². The zero-order valence-electron chi connectivity index (χ0n) is 10.8. The van der Waals surface area contributed by atoms with Crippen molar-refractivity contribution in [1.82, 2.24) is 29.9 Å². The van der Waals surface area contributed by atoms with Gasteiger partial charge in [0.1, 0.15) is 11.0 Å². The highest BCUT2D eigenvalue weighted by atomic mass is 32.1. The second kappa shape index (κ2) is 4.62. The normalized spacial score (nSPS) is 22.2. The molecule has 1 aliphatic rings. The van der Waals surface area contributed by atoms with Crippen molar-refractivity contribution in [1.29, 1.82) is 0 Å². The number of carbonyl (C=O) groups is 1. The molecular weight excluding hydrogens is 295 g/mol. The molecule has 1 saturated heterocycles. The summed E-state index contributed by atoms with van der Waals surface area (Å²) < 4.78 is 15.7. The molecule has 3 aromatic rings. The van der Waals surface area contributed by atoms with Crippen molar-refractivity contribution < 1.29 is 9.18 Å². The first-order chi connectivity index (χ1) is 10.2. The molecule has 0 saturated carbocycles. The van der Waals surface area contributed by atoms with Crippen LogP contribution in [0.5, 0.6) is 0 Å². The average Bonchev–Trinajstić information content (AvgIpc) is 3.21. The van der Waals surface area contributed by atoms with E-state index in [1.54, 1.807) is 6.07 Å². The number of alkyl halides is 1. The quantitative estimate of drug-likeness (QED) is 0.777. The Morgan fingerprint density at radius 1 is 1.48 bits per heavy atom. The van der Waals surface area contributed by atoms with Gasteiger partial charge in [-0.15, -0.1) is 21.5 Å². The molecule has 9 heteroatoms. The number of thiazole rings is 1. The molecule has 0 aliphatic carbocycles. The van der Waals surface area contributed by atoms with Gasteiger partial charge in [0, 0.05) is 24.2 Å². The number of nitrogens with zero attached hydrogens (tertiary/aromatic N) is 5. The predicted molar refractivity (Wildman–Crippen MR) is 72.7 cm³/mol. The molecule has 1 amide bonds. The summed E-state index contributed by atoms with van der Waals surface area (Å²) in [7, 11) is 0. The van der Waals surface area contributed by atoms with E-state index in [2.05, 4.69) is 20.6 Å². The molecule has 0 spiro atoms. The van der Waals surface area contributed by atoms with E-state index in [-0.39, 0.29) is 18.9 Å². The van der Waals surface area contributed by atoms with Crippen molar-refractivity contribution in [3.05, 3.63) is 35.2 Å². The second-order valence-electron chi connectivity index (χ2n) is 4.92. The van der Waals surface area contributed by atoms with E-state index in [4.69, 9.17) is 0 Å². The van der Waals surface area contributed by atoms with Gasteiger partial charge < -0.3 is 9.30 Å². The summed E-state index contributed by atoms with van der Waals surface area (Å²) in [5, 5.41) is 15.5. The number of fused-ring (bicyclic) bond motifs is 1. The van der Waals surface area contributed by atoms with Gasteiger partial charge in [-0.05, 0) is 6.07 Å². The van der Waals surface area contributed by atoms with Crippen molar-refractivity contribution in [2.24, 2.45) is 0 Å². The summed E-state index contributed by atoms with van der Waals surface area (Å²) in [5.74, 6) is 0.153. The molecule has 2 atom stereocenters. The zero-order valence-corrected chi connectivity index (χ0v) is 11.6. The Morgan fingerprint density at radius 2 is 2.38 bits per heavy atom. The lowest BCUT2D eigenvalue weighted by atomic mass is 10.2. The first-order valence-corrected chi connectivity index (χ1v) is 7.34. The number of halogens is 1. The van der Waals surface area contributed by atoms with Crippen LogP contribution in [0.25, 0.3) is 4.83 Å². The number of aromatic amines is 1. The fourth-order valence-corrected chi connectivity index (χ4v) is 3.56. The molecule has 1 fully saturated rings. The molecule has 0 radical (unpaired) electrons. The smallest absolute Gasteiger partial charge is 0.257 e. The number of hydrogen-bond acceptors (Lipinski definition) is 5. The van der Waals surface area contributed by atoms with Crippen LogP contribution >= 0.6 is 11.3 Å². The highest BCUT2D eigenvalue weighted by Gasteiger charge is 2.39. The molecule has 0 bridgehead atoms. The van der Waals surface area contributed by atoms with E-state index in [0.717, 1.165) is 4.83 Å². The molecule has 1 aliphatic heterocycles. The second-order valence-corrected chi connectivity index (χ2v) is 5.82. The van der Waals surface area contributed by atoms with Gasteiger partial charge in [-0.3, -0.25) is 4.79 Å². The lowest BCUT2D eigenvalue weighted by Crippen LogP contribution is -2.31. The monoisotopic (exact) mass is 306 g/mol. The summed E-state index contributed by atoms with van der Waals surface area (Å²) in [6, 6.07) is 1.29. The predicted octanol–water partition coefficient (Wildman–Crippen LogP) is 1.44. The molecule has 1 N–H and O–H groups in total. The number of hydrogen-bond donors (Lipinski definition) is 1. The Hall–Kier alpha value is -2.29. The van der Waals surface area contributed by atoms with E-state index in [0.29, 0.717) is 11.4 Å². The van der Waals surface area contributed by atoms with Crippen molar-refractivity contribution in [3.63, 3.8) is 0 Å². The third kappa shape index (κ3) is 1.92. The van der Waals surface area contributed by atoms with Gasteiger partial charge in [-0.2, -0.15) is 5.21 Å². The van der Waals surface area contributed by atoms with Crippen LogP contribution in [0.3, 0.4) is 0 Å². The summed E-state index contributed by atoms with van der Waals surface area (Å²) in [6.07, 6.45) is 2.84. The van der Waals surface area contributed by atoms with E-state index in [9.17, 15) is 9.18 Å². The van der Waals surface area contributed by atoms with Crippen molar-refractivity contribution in [3.8, 4) is 0 Å². The Kier molecular flexibility index (Phi) is 2.74. The molecular formula is C12H11FN6OS. The third-order valence-corrected chi connectivity index (χ3v) is 4.58. The number of rotatable bonds is 2. The van der Waals surface area contributed by atoms with Crippen LogP contribution in [0, 0.1) is 0 Å². The molecule has 4 rings (SSSR count). The van der Waals surface area contributed by atoms with E-state index >= 15 is 0 Å². The molecule has 2 unspecified atom stereocenters. The van der Waals surface area contributed by atoms with E-state index in [1.165, 1.54) is 16.2 Å². The average molecular weight is 306 g/mol. The molecule has 0 aromatic carbocycles. The minimum absolute atomic E-state index is 0.0563. The van der Waals surface area contributed by atoms with Gasteiger partial charge in [0.2, 0.25) is 0 Å². The Balaban J connectivity index is 1.71. The fraction of sp³-hybridized carbons (Fsp3) is 0.333. The summed E-state index contributed by atoms with van der Waals surface area (Å²) in [4.78, 5) is 15.1. The number of carbonyl (C=O) groups excluding carboxylic acids is 1. The van der Waals surface area contributed by atoms with Gasteiger partial charge in [-0.25, -0.2) is 4.39 Å². The van der Waals surface area contributed by atoms with E-state index < -0.39 is 12.2 Å². The number of tetrazole rings is 1. The first-order valence-electron chi connectivity index (χ1n) is 6.46. The minimum atomic E-state index is -1.07. The highest BCUT2D eigenvalue weighted by Crippen LogP contribution is 2.33. The standard InChI is InChI=1S/C12H11FN6OS/c13-7-5-9(10-14-16-17-15-10)19(6-7)11(20)8-1-2-18-3-4-21-12(8)18/h1-4,7,9H,5-6H2,(H,14,15,16,17). The van der Waals surface area contributed by atoms with Gasteiger partial charge in [0.05, 0.1) is 18.2 Å². The maximum atomic E-state index is 13.8. The third-order valence-electron chi connectivity index (χ3n) is 3.67. The Morgan fingerprint density at radius 3 is 3.19 bits per heavy atom. The van der Waals surface area contributed by atoms with Gasteiger partial charge >= 0.3 is 0 Å². The Bertz CT molecular complexity index is 781. The molecule has 7 nitrogen and oxygen atoms in total. The summed E-state index contributed by atoms with van der Waals surface area (Å²) >= 11 is 1.48. The van der Waals surface area contributed by atoms with Crippen molar-refractivity contribution in [2.75, 3.05) is 6.54 Å². The van der Waals surface area contributed by atoms with Crippen LogP contribution in [-0.2, 0) is 0 Å². The van der Waals surface area contributed by atoms with Crippen LogP contribution in [-0.4, -0.2) is 48.5 Å². The minimum Gasteiger partial charge on any atom is -0.325 e. The SMILES string of the molecule is O=C(c1ccn2ccsc12)N1CC(F)CC1c1nn[nH]n1. The van der Waals surface area contributed by atoms with Crippen LogP contribution in [0.1, 0.15) is 28.6 Å². The van der Waals surface area contributed by atoms with Crippen molar-refractivity contribution in [2.45, 2.75) is 18.6 Å². The first kappa shape index (κ1) is 12.5. The van der Waals surface area contributed by atoms with Crippen molar-refractivity contribution >= 4 is 22.1 Å². The molecule has 3 aromatic heterocycles. The number of likely N-dealkylation sites (tertiary alicyclic amines) is 1. The largest absolute Gasteiger partial charge is 0.325 e. The maximum Gasteiger partial charge on any atom is 0.257 e. The van der Waals surface area contributed by atoms with Crippen LogP contribution in [0.4, 0.5) is 4.39 Å². The number of nitrogens with one attached hydrogen (secondary N) is 1. The molecule has 21 heavy (non-hydrogen) atoms. The highest BCUT2D eigenvalue weighted by molar-refractivity contribution is 7.16. The summed E-state index contributed by atoms with van der Waals surface area (Å²) in [5.41, 5.74) is 0.576. The van der Waals surface area contributed by atoms with E-state index in [1.807, 2.05) is 22.2 Å². The summed E-state index contributed by atoms with van der Waals surface area (Å²) in [6.45, 7) is 0.0563. The topological polar surface area (TPSA) is 79.2 Å². The van der Waals surface area contributed by atoms with Crippen LogP contribution in [0.15, 0.2) is 23.8 Å². The van der Waals surface area contributed by atoms with Crippen LogP contribution < -0.4 is 0 Å². The van der Waals surface area contributed by atoms with Crippen LogP contribution in [0.2, 0.25) is 0 Å². The number of H-pyrrole nitrogens is 1. The van der Waals surface area contributed by atoms with Gasteiger partial charge in [0.15, 0.2) is 5.82 Å². The number of amides is 1. The Labute approximate surface area is 122 Å². The zero-order chi connectivity index (χ0) is 14.4. The molecule has 4 heterocycles. The molecule has 108 valence electrons. The van der Waals surface area contributed by atoms with Gasteiger partial charge in [-0.1, -0.05) is 5.21 Å². The fourth-order valence-electron chi connectivity index (χ4n) is 2.72. The lowest BCUT2D eigenvalue weighted by molar-refractivity contribution is 0.0725.